The van der Waals surface area contributed by atoms with Gasteiger partial charge in [0.25, 0.3) is 5.91 Å². The minimum atomic E-state index is -1.11. The van der Waals surface area contributed by atoms with Crippen molar-refractivity contribution in [3.05, 3.63) is 59.3 Å². The Labute approximate surface area is 223 Å². The topological polar surface area (TPSA) is 84.1 Å². The highest BCUT2D eigenvalue weighted by Gasteiger charge is 2.56. The van der Waals surface area contributed by atoms with Crippen molar-refractivity contribution in [3.63, 3.8) is 0 Å². The number of carbonyl (C=O) groups excluding carboxylic acids is 2. The number of hydrogen-bond acceptors (Lipinski definition) is 5. The van der Waals surface area contributed by atoms with E-state index in [0.717, 1.165) is 34.1 Å². The second kappa shape index (κ2) is 10.7. The normalized spacial score (nSPS) is 21.0. The van der Waals surface area contributed by atoms with Crippen LogP contribution in [0.1, 0.15) is 56.4 Å². The molecule has 202 valence electrons. The van der Waals surface area contributed by atoms with E-state index in [-0.39, 0.29) is 24.3 Å². The molecule has 2 aliphatic heterocycles. The Kier molecular flexibility index (Phi) is 7.34. The summed E-state index contributed by atoms with van der Waals surface area (Å²) in [6.45, 7) is 8.54. The van der Waals surface area contributed by atoms with Gasteiger partial charge in [0.05, 0.1) is 25.5 Å². The van der Waals surface area contributed by atoms with Gasteiger partial charge in [-0.3, -0.25) is 9.59 Å². The van der Waals surface area contributed by atoms with Crippen LogP contribution in [0.4, 0.5) is 0 Å². The van der Waals surface area contributed by atoms with Gasteiger partial charge in [-0.05, 0) is 56.0 Å². The predicted molar refractivity (Wildman–Crippen MR) is 146 cm³/mol. The van der Waals surface area contributed by atoms with E-state index < -0.39 is 5.54 Å². The minimum Gasteiger partial charge on any atom is -0.490 e. The zero-order valence-corrected chi connectivity index (χ0v) is 22.7. The summed E-state index contributed by atoms with van der Waals surface area (Å²) < 4.78 is 17.1. The van der Waals surface area contributed by atoms with Gasteiger partial charge >= 0.3 is 0 Å². The number of methoxy groups -OCH3 is 1. The molecule has 1 N–H and O–H groups in total. The van der Waals surface area contributed by atoms with E-state index >= 15 is 0 Å². The quantitative estimate of drug-likeness (QED) is 0.401. The summed E-state index contributed by atoms with van der Waals surface area (Å²) in [6, 6.07) is 14.2. The molecule has 8 heteroatoms. The number of amides is 2. The largest absolute Gasteiger partial charge is 0.490 e. The number of nitrogens with one attached hydrogen (secondary N) is 1. The summed E-state index contributed by atoms with van der Waals surface area (Å²) in [7, 11) is 1.64. The second-order valence-electron chi connectivity index (χ2n) is 10.1. The number of piperazine rings is 1. The molecular weight excluding hydrogens is 482 g/mol. The number of aromatic nitrogens is 1. The fourth-order valence-corrected chi connectivity index (χ4v) is 5.90. The van der Waals surface area contributed by atoms with Crippen LogP contribution < -0.4 is 9.47 Å². The minimum absolute atomic E-state index is 0.0493. The highest BCUT2D eigenvalue weighted by atomic mass is 16.5. The fourth-order valence-electron chi connectivity index (χ4n) is 5.90. The Morgan fingerprint density at radius 1 is 1.05 bits per heavy atom. The number of fused-ring (bicyclic) bond motifs is 5. The highest BCUT2D eigenvalue weighted by molar-refractivity contribution is 6.01. The first-order valence-corrected chi connectivity index (χ1v) is 13.5. The molecule has 8 nitrogen and oxygen atoms in total. The Morgan fingerprint density at radius 3 is 2.63 bits per heavy atom. The molecule has 3 heterocycles. The number of hydrogen-bond donors (Lipinski definition) is 1. The Hall–Kier alpha value is -3.52. The zero-order chi connectivity index (χ0) is 26.9. The van der Waals surface area contributed by atoms with E-state index in [1.54, 1.807) is 16.9 Å². The summed E-state index contributed by atoms with van der Waals surface area (Å²) in [6.07, 6.45) is 1.58. The van der Waals surface area contributed by atoms with Crippen molar-refractivity contribution in [1.29, 1.82) is 0 Å². The number of carbonyl (C=O) groups is 2. The zero-order valence-electron chi connectivity index (χ0n) is 22.7. The van der Waals surface area contributed by atoms with Crippen LogP contribution in [0.25, 0.3) is 10.9 Å². The van der Waals surface area contributed by atoms with E-state index in [1.165, 1.54) is 0 Å². The second-order valence-corrected chi connectivity index (χ2v) is 10.1. The molecule has 0 bridgehead atoms. The first-order chi connectivity index (χ1) is 18.4. The van der Waals surface area contributed by atoms with Crippen LogP contribution in [0.2, 0.25) is 0 Å². The maximum absolute atomic E-state index is 14.0. The lowest BCUT2D eigenvalue weighted by Gasteiger charge is -2.51. The summed E-state index contributed by atoms with van der Waals surface area (Å²) in [4.78, 5) is 34.6. The van der Waals surface area contributed by atoms with Crippen LogP contribution in [0.5, 0.6) is 11.5 Å². The van der Waals surface area contributed by atoms with Gasteiger partial charge in [0.15, 0.2) is 17.0 Å². The first kappa shape index (κ1) is 26.1. The maximum Gasteiger partial charge on any atom is 0.254 e. The molecule has 1 saturated heterocycles. The van der Waals surface area contributed by atoms with Crippen molar-refractivity contribution >= 4 is 22.7 Å². The van der Waals surface area contributed by atoms with Crippen LogP contribution in [0.15, 0.2) is 42.5 Å². The molecule has 38 heavy (non-hydrogen) atoms. The fraction of sp³-hybridized carbons (Fsp3) is 0.467. The maximum atomic E-state index is 14.0. The molecule has 2 unspecified atom stereocenters. The molecule has 0 aliphatic carbocycles. The lowest BCUT2D eigenvalue weighted by molar-refractivity contribution is -0.166. The first-order valence-electron chi connectivity index (χ1n) is 13.5. The summed E-state index contributed by atoms with van der Waals surface area (Å²) >= 11 is 0. The van der Waals surface area contributed by atoms with E-state index in [4.69, 9.17) is 14.2 Å². The van der Waals surface area contributed by atoms with Gasteiger partial charge in [-0.25, -0.2) is 0 Å². The number of benzene rings is 2. The van der Waals surface area contributed by atoms with Crippen LogP contribution >= 0.6 is 0 Å². The summed E-state index contributed by atoms with van der Waals surface area (Å²) in [5.74, 6) is 1.17. The van der Waals surface area contributed by atoms with E-state index in [0.29, 0.717) is 50.8 Å². The van der Waals surface area contributed by atoms with Crippen molar-refractivity contribution in [1.82, 2.24) is 14.8 Å². The van der Waals surface area contributed by atoms with Gasteiger partial charge in [-0.1, -0.05) is 31.2 Å². The molecule has 1 aromatic heterocycles. The predicted octanol–water partition coefficient (Wildman–Crippen LogP) is 4.42. The van der Waals surface area contributed by atoms with Crippen molar-refractivity contribution in [3.8, 4) is 11.5 Å². The van der Waals surface area contributed by atoms with Gasteiger partial charge < -0.3 is 29.0 Å². The Balaban J connectivity index is 1.63. The number of para-hydroxylation sites is 1. The molecule has 2 aromatic carbocycles. The van der Waals surface area contributed by atoms with Gasteiger partial charge in [-0.15, -0.1) is 0 Å². The number of ether oxygens (including phenoxy) is 3. The average molecular weight is 520 g/mol. The van der Waals surface area contributed by atoms with E-state index in [1.807, 2.05) is 44.2 Å². The summed E-state index contributed by atoms with van der Waals surface area (Å²) in [5, 5.41) is 1.06. The number of H-pyrrole nitrogens is 1. The van der Waals surface area contributed by atoms with Crippen molar-refractivity contribution < 1.29 is 23.8 Å². The molecular formula is C30H37N3O5. The van der Waals surface area contributed by atoms with Gasteiger partial charge in [0.2, 0.25) is 5.91 Å². The van der Waals surface area contributed by atoms with Crippen molar-refractivity contribution in [2.24, 2.45) is 0 Å². The SMILES string of the molecule is CCCOc1ccc(C2CN3C(=O)CN(CCCOC)C(=O)C3(C)c3[nH]c4ccccc4c32)cc1OCC. The third-order valence-electron chi connectivity index (χ3n) is 7.73. The summed E-state index contributed by atoms with van der Waals surface area (Å²) in [5.41, 5.74) is 2.71. The van der Waals surface area contributed by atoms with Crippen LogP contribution in [-0.2, 0) is 19.9 Å². The number of rotatable bonds is 10. The molecule has 5 rings (SSSR count). The van der Waals surface area contributed by atoms with Crippen LogP contribution in [0, 0.1) is 0 Å². The van der Waals surface area contributed by atoms with Crippen LogP contribution in [0.3, 0.4) is 0 Å². The standard InChI is InChI=1S/C30H37N3O5/c1-5-15-38-24-13-12-20(17-25(24)37-6-2)22-18-33-26(34)19-32(14-9-16-36-4)29(35)30(33,3)28-27(22)21-10-7-8-11-23(21)31-28/h7-8,10-13,17,22,31H,5-6,9,14-16,18-19H2,1-4H3. The smallest absolute Gasteiger partial charge is 0.254 e. The average Bonchev–Trinajstić information content (AvgIpc) is 3.32. The van der Waals surface area contributed by atoms with Gasteiger partial charge in [0, 0.05) is 43.6 Å². The van der Waals surface area contributed by atoms with Crippen LogP contribution in [-0.4, -0.2) is 73.2 Å². The highest BCUT2D eigenvalue weighted by Crippen LogP contribution is 2.49. The molecule has 1 fully saturated rings. The lowest BCUT2D eigenvalue weighted by Crippen LogP contribution is -2.67. The molecule has 0 saturated carbocycles. The van der Waals surface area contributed by atoms with E-state index in [9.17, 15) is 9.59 Å². The Bertz CT molecular complexity index is 1330. The van der Waals surface area contributed by atoms with Crippen molar-refractivity contribution in [2.45, 2.75) is 45.1 Å². The van der Waals surface area contributed by atoms with Gasteiger partial charge in [0.1, 0.15) is 0 Å². The van der Waals surface area contributed by atoms with Gasteiger partial charge in [-0.2, -0.15) is 0 Å². The number of nitrogens with zero attached hydrogens (tertiary/aromatic N) is 2. The molecule has 2 atom stereocenters. The third-order valence-corrected chi connectivity index (χ3v) is 7.73. The molecule has 0 spiro atoms. The third kappa shape index (κ3) is 4.30. The lowest BCUT2D eigenvalue weighted by atomic mass is 9.76. The molecule has 2 amide bonds. The van der Waals surface area contributed by atoms with Crippen molar-refractivity contribution in [2.75, 3.05) is 46.6 Å². The Morgan fingerprint density at radius 2 is 1.87 bits per heavy atom. The monoisotopic (exact) mass is 519 g/mol. The van der Waals surface area contributed by atoms with E-state index in [2.05, 4.69) is 24.0 Å². The molecule has 3 aromatic rings. The number of aromatic amines is 1. The molecule has 2 aliphatic rings. The molecule has 0 radical (unpaired) electrons.